The summed E-state index contributed by atoms with van der Waals surface area (Å²) in [5.74, 6) is 2.29. The van der Waals surface area contributed by atoms with Crippen LogP contribution in [0.3, 0.4) is 0 Å². The third-order valence-electron chi connectivity index (χ3n) is 7.27. The number of fused-ring (bicyclic) bond motifs is 5. The van der Waals surface area contributed by atoms with E-state index in [4.69, 9.17) is 0 Å². The number of Topliss-reactive ketones (excluding diaryl/α,β-unsaturated/α-hetero) is 1. The fraction of sp³-hybridized carbons (Fsp3) is 0.684. The molecule has 3 unspecified atom stereocenters. The van der Waals surface area contributed by atoms with Crippen LogP contribution in [0.2, 0.25) is 0 Å². The van der Waals surface area contributed by atoms with E-state index in [0.29, 0.717) is 30.0 Å². The molecule has 0 N–H and O–H groups in total. The van der Waals surface area contributed by atoms with Gasteiger partial charge in [-0.05, 0) is 60.5 Å². The van der Waals surface area contributed by atoms with Crippen molar-refractivity contribution in [3.63, 3.8) is 0 Å². The van der Waals surface area contributed by atoms with Crippen molar-refractivity contribution in [2.24, 2.45) is 28.6 Å². The Balaban J connectivity index is 1.82. The molecule has 118 valence electrons. The molecule has 0 radical (unpaired) electrons. The minimum Gasteiger partial charge on any atom is -0.299 e. The largest absolute Gasteiger partial charge is 0.299 e. The number of allylic oxidation sites excluding steroid dienone is 4. The number of carbonyl (C=O) groups excluding carboxylic acids is 2. The highest BCUT2D eigenvalue weighted by molar-refractivity contribution is 9.12. The zero-order chi connectivity index (χ0) is 15.7. The minimum atomic E-state index is -0.104. The molecule has 2 fully saturated rings. The number of ketones is 2. The topological polar surface area (TPSA) is 34.1 Å². The lowest BCUT2D eigenvalue weighted by molar-refractivity contribution is -0.130. The summed E-state index contributed by atoms with van der Waals surface area (Å²) >= 11 is 3.74. The quantitative estimate of drug-likeness (QED) is 0.631. The Kier molecular flexibility index (Phi) is 3.15. The van der Waals surface area contributed by atoms with Crippen LogP contribution >= 0.6 is 15.9 Å². The van der Waals surface area contributed by atoms with Gasteiger partial charge in [-0.2, -0.15) is 0 Å². The molecule has 0 aromatic rings. The lowest BCUT2D eigenvalue weighted by Gasteiger charge is -2.55. The van der Waals surface area contributed by atoms with Gasteiger partial charge >= 0.3 is 0 Å². The maximum Gasteiger partial charge on any atom is 0.156 e. The van der Waals surface area contributed by atoms with Crippen LogP contribution < -0.4 is 0 Å². The molecule has 0 aliphatic heterocycles. The number of hydrogen-bond donors (Lipinski definition) is 0. The highest BCUT2D eigenvalue weighted by Gasteiger charge is 2.58. The van der Waals surface area contributed by atoms with Crippen LogP contribution in [0.5, 0.6) is 0 Å². The standard InChI is InChI=1S/C19H23BrO2/c1-18-7-5-11(21)9-15(18)16(20)10-12-13-3-4-17(22)19(13,2)8-6-14(12)18/h9-10,12-14H,3-8H2,1-2H3/t12?,13?,14?,18-,19+/m1/s1. The van der Waals surface area contributed by atoms with Gasteiger partial charge in [-0.3, -0.25) is 9.59 Å². The molecule has 0 aromatic heterocycles. The van der Waals surface area contributed by atoms with Crippen LogP contribution in [0.4, 0.5) is 0 Å². The van der Waals surface area contributed by atoms with E-state index in [2.05, 4.69) is 35.9 Å². The summed E-state index contributed by atoms with van der Waals surface area (Å²) in [6, 6.07) is 0. The van der Waals surface area contributed by atoms with Crippen molar-refractivity contribution in [1.29, 1.82) is 0 Å². The van der Waals surface area contributed by atoms with E-state index in [1.165, 1.54) is 5.57 Å². The third kappa shape index (κ3) is 1.78. The van der Waals surface area contributed by atoms with Crippen molar-refractivity contribution in [2.45, 2.75) is 52.4 Å². The number of rotatable bonds is 0. The highest BCUT2D eigenvalue weighted by atomic mass is 79.9. The lowest BCUT2D eigenvalue weighted by atomic mass is 9.49. The second-order valence-corrected chi connectivity index (χ2v) is 9.02. The molecule has 0 bridgehead atoms. The average Bonchev–Trinajstić information content (AvgIpc) is 2.77. The molecule has 4 aliphatic carbocycles. The smallest absolute Gasteiger partial charge is 0.156 e. The fourth-order valence-electron chi connectivity index (χ4n) is 5.84. The molecule has 4 aliphatic rings. The van der Waals surface area contributed by atoms with Crippen LogP contribution in [0.25, 0.3) is 0 Å². The molecule has 5 atom stereocenters. The van der Waals surface area contributed by atoms with Crippen molar-refractivity contribution in [3.05, 3.63) is 22.2 Å². The van der Waals surface area contributed by atoms with E-state index < -0.39 is 0 Å². The first-order valence-corrected chi connectivity index (χ1v) is 9.31. The molecular weight excluding hydrogens is 340 g/mol. The highest BCUT2D eigenvalue weighted by Crippen LogP contribution is 2.64. The van der Waals surface area contributed by atoms with Gasteiger partial charge in [0, 0.05) is 22.7 Å². The average molecular weight is 363 g/mol. The molecule has 0 saturated heterocycles. The Morgan fingerprint density at radius 3 is 2.55 bits per heavy atom. The molecule has 2 nitrogen and oxygen atoms in total. The predicted molar refractivity (Wildman–Crippen MR) is 89.5 cm³/mol. The normalized spacial score (nSPS) is 47.3. The Labute approximate surface area is 140 Å². The minimum absolute atomic E-state index is 0.0964. The number of carbonyl (C=O) groups is 2. The summed E-state index contributed by atoms with van der Waals surface area (Å²) in [6.45, 7) is 4.54. The summed E-state index contributed by atoms with van der Waals surface area (Å²) in [6.07, 6.45) is 9.77. The first-order valence-electron chi connectivity index (χ1n) is 8.52. The van der Waals surface area contributed by atoms with Crippen LogP contribution in [-0.2, 0) is 9.59 Å². The molecular formula is C19H23BrO2. The van der Waals surface area contributed by atoms with Gasteiger partial charge in [0.1, 0.15) is 5.78 Å². The van der Waals surface area contributed by atoms with E-state index >= 15 is 0 Å². The summed E-state index contributed by atoms with van der Waals surface area (Å²) < 4.78 is 1.10. The van der Waals surface area contributed by atoms with Crippen LogP contribution in [0.1, 0.15) is 52.4 Å². The number of hydrogen-bond acceptors (Lipinski definition) is 2. The lowest BCUT2D eigenvalue weighted by Crippen LogP contribution is -2.49. The summed E-state index contributed by atoms with van der Waals surface area (Å²) in [7, 11) is 0. The molecule has 0 spiro atoms. The fourth-order valence-corrected chi connectivity index (χ4v) is 6.72. The zero-order valence-electron chi connectivity index (χ0n) is 13.3. The second kappa shape index (κ2) is 4.66. The van der Waals surface area contributed by atoms with Gasteiger partial charge in [0.05, 0.1) is 0 Å². The SMILES string of the molecule is C[C@]12CCC(=O)C=C1C(Br)=CC1C2CC[C@]2(C)C(=O)CCC12. The van der Waals surface area contributed by atoms with E-state index in [1.54, 1.807) is 0 Å². The van der Waals surface area contributed by atoms with E-state index in [9.17, 15) is 9.59 Å². The Morgan fingerprint density at radius 1 is 1.05 bits per heavy atom. The Morgan fingerprint density at radius 2 is 1.77 bits per heavy atom. The van der Waals surface area contributed by atoms with Gasteiger partial charge in [-0.1, -0.05) is 35.9 Å². The van der Waals surface area contributed by atoms with Crippen LogP contribution in [-0.4, -0.2) is 11.6 Å². The third-order valence-corrected chi connectivity index (χ3v) is 7.96. The van der Waals surface area contributed by atoms with Crippen LogP contribution in [0.15, 0.2) is 22.2 Å². The van der Waals surface area contributed by atoms with E-state index in [0.717, 1.165) is 36.6 Å². The van der Waals surface area contributed by atoms with Crippen LogP contribution in [0, 0.1) is 28.6 Å². The van der Waals surface area contributed by atoms with Crippen molar-refractivity contribution in [1.82, 2.24) is 0 Å². The van der Waals surface area contributed by atoms with Gasteiger partial charge in [0.15, 0.2) is 5.78 Å². The van der Waals surface area contributed by atoms with E-state index in [-0.39, 0.29) is 16.6 Å². The first kappa shape index (κ1) is 14.9. The second-order valence-electron chi connectivity index (χ2n) is 8.16. The van der Waals surface area contributed by atoms with E-state index in [1.807, 2.05) is 6.08 Å². The monoisotopic (exact) mass is 362 g/mol. The van der Waals surface area contributed by atoms with Gasteiger partial charge in [0.2, 0.25) is 0 Å². The number of halogens is 1. The maximum atomic E-state index is 12.4. The van der Waals surface area contributed by atoms with Gasteiger partial charge in [-0.15, -0.1) is 0 Å². The predicted octanol–water partition coefficient (Wildman–Crippen LogP) is 4.59. The molecule has 0 heterocycles. The summed E-state index contributed by atoms with van der Waals surface area (Å²) in [4.78, 5) is 24.3. The molecule has 0 amide bonds. The van der Waals surface area contributed by atoms with Crippen molar-refractivity contribution in [3.8, 4) is 0 Å². The Bertz CT molecular complexity index is 631. The van der Waals surface area contributed by atoms with Crippen molar-refractivity contribution >= 4 is 27.5 Å². The molecule has 0 aromatic carbocycles. The molecule has 2 saturated carbocycles. The van der Waals surface area contributed by atoms with Gasteiger partial charge in [0.25, 0.3) is 0 Å². The zero-order valence-corrected chi connectivity index (χ0v) is 14.9. The van der Waals surface area contributed by atoms with Crippen molar-refractivity contribution in [2.75, 3.05) is 0 Å². The molecule has 22 heavy (non-hydrogen) atoms. The molecule has 4 rings (SSSR count). The van der Waals surface area contributed by atoms with Crippen molar-refractivity contribution < 1.29 is 9.59 Å². The maximum absolute atomic E-state index is 12.4. The molecule has 3 heteroatoms. The van der Waals surface area contributed by atoms with Gasteiger partial charge < -0.3 is 0 Å². The first-order chi connectivity index (χ1) is 10.4. The van der Waals surface area contributed by atoms with Gasteiger partial charge in [-0.25, -0.2) is 0 Å². The summed E-state index contributed by atoms with van der Waals surface area (Å²) in [5.41, 5.74) is 1.20. The Hall–Kier alpha value is -0.700. The summed E-state index contributed by atoms with van der Waals surface area (Å²) in [5, 5.41) is 0.